The SMILES string of the molecule is CC(c1ccccc1)c1nc2ccc(C(F)(F)F)cc2[nH]1. The molecule has 2 aromatic carbocycles. The van der Waals surface area contributed by atoms with Gasteiger partial charge in [0.05, 0.1) is 16.6 Å². The molecule has 0 spiro atoms. The van der Waals surface area contributed by atoms with Crippen molar-refractivity contribution in [3.63, 3.8) is 0 Å². The molecule has 5 heteroatoms. The molecule has 3 aromatic rings. The van der Waals surface area contributed by atoms with Gasteiger partial charge < -0.3 is 4.98 Å². The van der Waals surface area contributed by atoms with Crippen molar-refractivity contribution in [2.24, 2.45) is 0 Å². The fraction of sp³-hybridized carbons (Fsp3) is 0.188. The van der Waals surface area contributed by atoms with Gasteiger partial charge in [-0.1, -0.05) is 37.3 Å². The normalized spacial score (nSPS) is 13.5. The number of H-pyrrole nitrogens is 1. The number of rotatable bonds is 2. The second-order valence-electron chi connectivity index (χ2n) is 4.98. The number of halogens is 3. The van der Waals surface area contributed by atoms with Crippen molar-refractivity contribution in [3.05, 3.63) is 65.5 Å². The number of benzene rings is 2. The topological polar surface area (TPSA) is 28.7 Å². The Balaban J connectivity index is 2.02. The van der Waals surface area contributed by atoms with E-state index in [4.69, 9.17) is 0 Å². The van der Waals surface area contributed by atoms with Crippen LogP contribution in [-0.2, 0) is 6.18 Å². The average molecular weight is 290 g/mol. The van der Waals surface area contributed by atoms with Gasteiger partial charge in [-0.15, -0.1) is 0 Å². The zero-order valence-corrected chi connectivity index (χ0v) is 11.3. The molecule has 21 heavy (non-hydrogen) atoms. The summed E-state index contributed by atoms with van der Waals surface area (Å²) in [6.07, 6.45) is -4.34. The standard InChI is InChI=1S/C16H13F3N2/c1-10(11-5-3-2-4-6-11)15-20-13-8-7-12(16(17,18)19)9-14(13)21-15/h2-10H,1H3,(H,20,21). The van der Waals surface area contributed by atoms with Crippen molar-refractivity contribution in [1.82, 2.24) is 9.97 Å². The third-order valence-electron chi connectivity index (χ3n) is 3.54. The Morgan fingerprint density at radius 2 is 1.76 bits per heavy atom. The van der Waals surface area contributed by atoms with Gasteiger partial charge in [0.25, 0.3) is 0 Å². The first-order valence-electron chi connectivity index (χ1n) is 6.57. The number of nitrogens with zero attached hydrogens (tertiary/aromatic N) is 1. The zero-order chi connectivity index (χ0) is 15.0. The quantitative estimate of drug-likeness (QED) is 0.726. The van der Waals surface area contributed by atoms with Crippen molar-refractivity contribution in [2.45, 2.75) is 19.0 Å². The number of aromatic nitrogens is 2. The molecule has 3 rings (SSSR count). The van der Waals surface area contributed by atoms with Crippen molar-refractivity contribution in [1.29, 1.82) is 0 Å². The van der Waals surface area contributed by atoms with Crippen LogP contribution in [0, 0.1) is 0 Å². The zero-order valence-electron chi connectivity index (χ0n) is 11.3. The molecule has 0 aliphatic rings. The van der Waals surface area contributed by atoms with Gasteiger partial charge in [-0.25, -0.2) is 4.98 Å². The van der Waals surface area contributed by atoms with Crippen LogP contribution in [0.25, 0.3) is 11.0 Å². The lowest BCUT2D eigenvalue weighted by Gasteiger charge is -2.08. The Bertz CT molecular complexity index is 760. The second-order valence-corrected chi connectivity index (χ2v) is 4.98. The van der Waals surface area contributed by atoms with E-state index in [9.17, 15) is 13.2 Å². The van der Waals surface area contributed by atoms with E-state index in [1.54, 1.807) is 0 Å². The lowest BCUT2D eigenvalue weighted by Crippen LogP contribution is -2.04. The first-order valence-corrected chi connectivity index (χ1v) is 6.57. The summed E-state index contributed by atoms with van der Waals surface area (Å²) in [4.78, 5) is 7.38. The van der Waals surface area contributed by atoms with Crippen LogP contribution in [0.5, 0.6) is 0 Å². The Morgan fingerprint density at radius 1 is 1.05 bits per heavy atom. The minimum absolute atomic E-state index is 0.00654. The van der Waals surface area contributed by atoms with Crippen molar-refractivity contribution in [3.8, 4) is 0 Å². The van der Waals surface area contributed by atoms with Gasteiger partial charge in [0, 0.05) is 5.92 Å². The van der Waals surface area contributed by atoms with Crippen molar-refractivity contribution in [2.75, 3.05) is 0 Å². The Kier molecular flexibility index (Phi) is 3.20. The molecule has 2 nitrogen and oxygen atoms in total. The predicted molar refractivity (Wildman–Crippen MR) is 75.1 cm³/mol. The average Bonchev–Trinajstić information content (AvgIpc) is 2.89. The van der Waals surface area contributed by atoms with Crippen LogP contribution < -0.4 is 0 Å². The Labute approximate surface area is 119 Å². The highest BCUT2D eigenvalue weighted by Crippen LogP contribution is 2.31. The summed E-state index contributed by atoms with van der Waals surface area (Å²) >= 11 is 0. The molecule has 0 amide bonds. The first-order chi connectivity index (χ1) is 9.95. The number of fused-ring (bicyclic) bond motifs is 1. The highest BCUT2D eigenvalue weighted by molar-refractivity contribution is 5.76. The maximum Gasteiger partial charge on any atom is 0.416 e. The predicted octanol–water partition coefficient (Wildman–Crippen LogP) is 4.73. The maximum absolute atomic E-state index is 12.7. The van der Waals surface area contributed by atoms with Crippen molar-refractivity contribution < 1.29 is 13.2 Å². The number of alkyl halides is 3. The number of hydrogen-bond donors (Lipinski definition) is 1. The lowest BCUT2D eigenvalue weighted by atomic mass is 10.0. The van der Waals surface area contributed by atoms with E-state index >= 15 is 0 Å². The summed E-state index contributed by atoms with van der Waals surface area (Å²) in [5.41, 5.74) is 1.34. The fourth-order valence-electron chi connectivity index (χ4n) is 2.31. The molecule has 1 unspecified atom stereocenters. The van der Waals surface area contributed by atoms with Gasteiger partial charge in [-0.2, -0.15) is 13.2 Å². The molecule has 0 radical (unpaired) electrons. The van der Waals surface area contributed by atoms with Gasteiger partial charge >= 0.3 is 6.18 Å². The van der Waals surface area contributed by atoms with E-state index < -0.39 is 11.7 Å². The molecule has 1 aromatic heterocycles. The van der Waals surface area contributed by atoms with Gasteiger partial charge in [0.15, 0.2) is 0 Å². The van der Waals surface area contributed by atoms with E-state index in [0.29, 0.717) is 16.9 Å². The Morgan fingerprint density at radius 3 is 2.43 bits per heavy atom. The monoisotopic (exact) mass is 290 g/mol. The molecule has 1 N–H and O–H groups in total. The van der Waals surface area contributed by atoms with E-state index in [-0.39, 0.29) is 5.92 Å². The van der Waals surface area contributed by atoms with Crippen LogP contribution in [0.3, 0.4) is 0 Å². The van der Waals surface area contributed by atoms with Crippen LogP contribution in [0.2, 0.25) is 0 Å². The van der Waals surface area contributed by atoms with Gasteiger partial charge in [0.1, 0.15) is 5.82 Å². The van der Waals surface area contributed by atoms with E-state index in [1.807, 2.05) is 37.3 Å². The molecule has 1 atom stereocenters. The van der Waals surface area contributed by atoms with Crippen molar-refractivity contribution >= 4 is 11.0 Å². The largest absolute Gasteiger partial charge is 0.416 e. The van der Waals surface area contributed by atoms with Crippen LogP contribution in [-0.4, -0.2) is 9.97 Å². The number of hydrogen-bond acceptors (Lipinski definition) is 1. The molecule has 108 valence electrons. The van der Waals surface area contributed by atoms with E-state index in [2.05, 4.69) is 9.97 Å². The minimum Gasteiger partial charge on any atom is -0.341 e. The molecule has 1 heterocycles. The molecule has 0 aliphatic heterocycles. The van der Waals surface area contributed by atoms with Crippen LogP contribution in [0.1, 0.15) is 29.8 Å². The van der Waals surface area contributed by atoms with Gasteiger partial charge in [0.2, 0.25) is 0 Å². The third-order valence-corrected chi connectivity index (χ3v) is 3.54. The summed E-state index contributed by atoms with van der Waals surface area (Å²) in [7, 11) is 0. The fourth-order valence-corrected chi connectivity index (χ4v) is 2.31. The van der Waals surface area contributed by atoms with Gasteiger partial charge in [-0.3, -0.25) is 0 Å². The van der Waals surface area contributed by atoms with Crippen LogP contribution in [0.15, 0.2) is 48.5 Å². The van der Waals surface area contributed by atoms with Crippen LogP contribution in [0.4, 0.5) is 13.2 Å². The Hall–Kier alpha value is -2.30. The minimum atomic E-state index is -4.34. The highest BCUT2D eigenvalue weighted by Gasteiger charge is 2.30. The third kappa shape index (κ3) is 2.63. The summed E-state index contributed by atoms with van der Waals surface area (Å²) < 4.78 is 38.1. The maximum atomic E-state index is 12.7. The highest BCUT2D eigenvalue weighted by atomic mass is 19.4. The summed E-state index contributed by atoms with van der Waals surface area (Å²) in [6, 6.07) is 13.3. The number of aromatic amines is 1. The molecule has 0 aliphatic carbocycles. The smallest absolute Gasteiger partial charge is 0.341 e. The summed E-state index contributed by atoms with van der Waals surface area (Å²) in [6.45, 7) is 1.97. The molecule has 0 bridgehead atoms. The summed E-state index contributed by atoms with van der Waals surface area (Å²) in [5.74, 6) is 0.656. The lowest BCUT2D eigenvalue weighted by molar-refractivity contribution is -0.137. The van der Waals surface area contributed by atoms with E-state index in [0.717, 1.165) is 17.7 Å². The number of imidazole rings is 1. The molecule has 0 saturated carbocycles. The number of nitrogens with one attached hydrogen (secondary N) is 1. The summed E-state index contributed by atoms with van der Waals surface area (Å²) in [5, 5.41) is 0. The molecular formula is C16H13F3N2. The molecule has 0 saturated heterocycles. The van der Waals surface area contributed by atoms with Gasteiger partial charge in [-0.05, 0) is 23.8 Å². The van der Waals surface area contributed by atoms with E-state index in [1.165, 1.54) is 6.07 Å². The second kappa shape index (κ2) is 4.91. The first kappa shape index (κ1) is 13.7. The molecule has 0 fully saturated rings. The van der Waals surface area contributed by atoms with Crippen LogP contribution >= 0.6 is 0 Å². The molecular weight excluding hydrogens is 277 g/mol.